The van der Waals surface area contributed by atoms with E-state index in [1.165, 1.54) is 64.9 Å². The number of amides is 5. The van der Waals surface area contributed by atoms with Crippen LogP contribution in [-0.4, -0.2) is 206 Å². The first-order valence-electron chi connectivity index (χ1n) is 50.2. The van der Waals surface area contributed by atoms with Crippen LogP contribution in [-0.2, 0) is 120 Å². The van der Waals surface area contributed by atoms with Crippen molar-refractivity contribution in [2.45, 2.75) is 216 Å². The van der Waals surface area contributed by atoms with E-state index in [4.69, 9.17) is 28.4 Å². The third-order valence-electron chi connectivity index (χ3n) is 31.6. The first kappa shape index (κ1) is 102. The fourth-order valence-corrected chi connectivity index (χ4v) is 25.3. The number of hydrogen-bond donors (Lipinski definition) is 5. The SMILES string of the molecule is CCC(=O)N1C(C(=O)OC)Cc2c([nH]c3ccccc23)C1(C)C.CCC(=O)N1C(C(=O)OC)Cc2c([nH]c3ccccc23)C1c1ccc(C(=O)OC)cc1.CCC(=O)N1C(c2ccccc2)c2[nH]c3ccccc3c2C[C@H]1C(=O)OC.CCC(=O)N1C2(C(=O)OC)CCCC1(c1ccncc1)c1[nH]c3ccccc3c1C2.CCC(=O)[N+]12CC3=C(C[C@@]1(C(=O)OC)CC(C)C(NC)C2c1ccccc1)c1ccccc1C3. The second-order valence-electron chi connectivity index (χ2n) is 39.2. The number of carbonyl (C=O) groups is 11. The Bertz CT molecular complexity index is 7160. The Hall–Kier alpha value is -14.9. The molecule has 8 aliphatic rings. The molecule has 5 aromatic heterocycles. The number of H-pyrrole nitrogens is 4. The standard InChI is InChI=1S/C29H35N2O3.C24H25N3O3.C24H24N2O5.C22H22N2O3.C18H22N2O3/c1-5-25(32)31-18-22-15-21-13-9-10-14-23(21)24(22)17-29(31,28(33)34-4)16-19(2)26(30-3)27(31)20-11-7-6-8-12-20;1-3-20(28)27-23(22(29)30-2)11-6-12-24(27,16-9-13-25-14-10-16)21-18(15-23)17-7-4-5-8-19(17)26-21;1-4-20(27)26-19(24(29)31-3)13-17-16-7-5-6-8-18(16)25-21(17)22(26)14-9-11-15(12-10-14)23(28)30-2;1-3-19(25)24-18(22(26)27-2)13-16-15-11-7-8-12-17(15)23-20(16)21(24)14-9-5-4-6-10-14;1-5-15(21)20-14(17(22)23-4)10-12-11-8-6-7-9-13(11)19-16(12)18(20,2)3/h6-14,19,26-27,30H,5,15-18H2,1-4H3;4-5,7-10,13-14,26H,3,6,11-12,15H2,1-2H3;5-12,19,22,25H,4,13H2,1-3H3;4-12,18,21,23H,3,13H2,1-2H3;6-9,14,19H,5,10H2,1-4H3/q+1;;;;/t19?,26?,27?,29-,31?;;;18-,21?;/m1..0./s1. The first-order valence-corrected chi connectivity index (χ1v) is 50.2. The average Bonchev–Trinajstić information content (AvgIpc) is 1.65. The topological polar surface area (TPSA) is 344 Å². The number of esters is 6. The smallest absolute Gasteiger partial charge is 0.368 e. The van der Waals surface area contributed by atoms with Crippen molar-refractivity contribution in [2.24, 2.45) is 5.92 Å². The number of nitrogens with zero attached hydrogens (tertiary/aromatic N) is 6. The molecule has 2 saturated heterocycles. The summed E-state index contributed by atoms with van der Waals surface area (Å²) in [7, 11) is 10.3. The molecule has 5 amide bonds. The highest BCUT2D eigenvalue weighted by Gasteiger charge is 2.72. The second kappa shape index (κ2) is 41.8. The van der Waals surface area contributed by atoms with Crippen LogP contribution < -0.4 is 5.32 Å². The summed E-state index contributed by atoms with van der Waals surface area (Å²) >= 11 is 0. The lowest BCUT2D eigenvalue weighted by molar-refractivity contribution is -0.932. The molecule has 8 aromatic carbocycles. The Morgan fingerprint density at radius 1 is 0.455 bits per heavy atom. The zero-order chi connectivity index (χ0) is 103. The van der Waals surface area contributed by atoms with Gasteiger partial charge in [0.1, 0.15) is 41.8 Å². The Labute approximate surface area is 843 Å². The first-order chi connectivity index (χ1) is 70.1. The summed E-state index contributed by atoms with van der Waals surface area (Å²) in [5.74, 6) is -2.22. The summed E-state index contributed by atoms with van der Waals surface area (Å²) < 4.78 is 30.9. The average molecular weight is 1960 g/mol. The van der Waals surface area contributed by atoms with Crippen molar-refractivity contribution in [3.05, 3.63) is 320 Å². The lowest BCUT2D eigenvalue weighted by Gasteiger charge is -2.61. The maximum atomic E-state index is 14.3. The minimum Gasteiger partial charge on any atom is -0.467 e. The van der Waals surface area contributed by atoms with Gasteiger partial charge in [-0.05, 0) is 156 Å². The molecule has 752 valence electrons. The number of benzene rings is 8. The van der Waals surface area contributed by atoms with Crippen LogP contribution in [0.5, 0.6) is 0 Å². The van der Waals surface area contributed by atoms with Gasteiger partial charge in [-0.2, -0.15) is 0 Å². The molecule has 0 radical (unpaired) electrons. The fourth-order valence-electron chi connectivity index (χ4n) is 25.3. The number of hydrogen-bond acceptors (Lipinski definition) is 19. The maximum absolute atomic E-state index is 14.3. The number of nitrogens with one attached hydrogen (secondary N) is 5. The van der Waals surface area contributed by atoms with E-state index in [1.54, 1.807) is 58.3 Å². The van der Waals surface area contributed by atoms with Gasteiger partial charge in [-0.1, -0.05) is 211 Å². The van der Waals surface area contributed by atoms with Crippen molar-refractivity contribution in [3.63, 3.8) is 0 Å². The number of piperidine rings is 2. The number of ether oxygens (including phenoxy) is 6. The molecule has 145 heavy (non-hydrogen) atoms. The summed E-state index contributed by atoms with van der Waals surface area (Å²) in [6.45, 7) is 15.9. The van der Waals surface area contributed by atoms with E-state index in [0.717, 1.165) is 130 Å². The Morgan fingerprint density at radius 3 is 1.42 bits per heavy atom. The predicted octanol–water partition coefficient (Wildman–Crippen LogP) is 17.8. The molecule has 28 nitrogen and oxygen atoms in total. The van der Waals surface area contributed by atoms with Crippen LogP contribution in [0.4, 0.5) is 0 Å². The van der Waals surface area contributed by atoms with Gasteiger partial charge in [0.15, 0.2) is 0 Å². The minimum atomic E-state index is -1.01. The number of aromatic nitrogens is 5. The maximum Gasteiger partial charge on any atom is 0.368 e. The highest BCUT2D eigenvalue weighted by Crippen LogP contribution is 2.61. The zero-order valence-electron chi connectivity index (χ0n) is 85.0. The van der Waals surface area contributed by atoms with Gasteiger partial charge >= 0.3 is 41.7 Å². The molecule has 21 rings (SSSR count). The molecule has 2 fully saturated rings. The summed E-state index contributed by atoms with van der Waals surface area (Å²) in [6.07, 6.45) is 11.0. The summed E-state index contributed by atoms with van der Waals surface area (Å²) in [4.78, 5) is 168. The number of rotatable bonds is 16. The predicted molar refractivity (Wildman–Crippen MR) is 551 cm³/mol. The molecule has 10 unspecified atom stereocenters. The van der Waals surface area contributed by atoms with E-state index in [1.807, 2.05) is 193 Å². The highest BCUT2D eigenvalue weighted by molar-refractivity contribution is 5.98. The number of methoxy groups -OCH3 is 6. The number of aromatic amines is 4. The summed E-state index contributed by atoms with van der Waals surface area (Å²) in [5.41, 5.74) is 18.1. The van der Waals surface area contributed by atoms with Crippen LogP contribution in [0.2, 0.25) is 0 Å². The molecule has 5 N–H and O–H groups in total. The molecule has 12 atom stereocenters. The molecule has 2 bridgehead atoms. The normalized spacial score (nSPS) is 23.1. The van der Waals surface area contributed by atoms with Crippen molar-refractivity contribution >= 4 is 115 Å². The van der Waals surface area contributed by atoms with E-state index in [9.17, 15) is 52.7 Å². The minimum absolute atomic E-state index is 0.0405. The lowest BCUT2D eigenvalue weighted by atomic mass is 9.64. The molecule has 0 saturated carbocycles. The van der Waals surface area contributed by atoms with Gasteiger partial charge in [-0.3, -0.25) is 24.2 Å². The van der Waals surface area contributed by atoms with Crippen LogP contribution >= 0.6 is 0 Å². The van der Waals surface area contributed by atoms with E-state index in [-0.39, 0.29) is 88.4 Å². The van der Waals surface area contributed by atoms with Crippen molar-refractivity contribution < 1.29 is 85.6 Å². The van der Waals surface area contributed by atoms with Crippen LogP contribution in [0.3, 0.4) is 0 Å². The van der Waals surface area contributed by atoms with Gasteiger partial charge in [0.25, 0.3) is 0 Å². The van der Waals surface area contributed by atoms with Crippen molar-refractivity contribution in [2.75, 3.05) is 56.3 Å². The Kier molecular flexibility index (Phi) is 29.3. The van der Waals surface area contributed by atoms with Gasteiger partial charge in [-0.25, -0.2) is 38.0 Å². The summed E-state index contributed by atoms with van der Waals surface area (Å²) in [6, 6.07) is 68.6. The third-order valence-corrected chi connectivity index (χ3v) is 31.6. The number of para-hydroxylation sites is 4. The van der Waals surface area contributed by atoms with Crippen LogP contribution in [0.15, 0.2) is 236 Å². The monoisotopic (exact) mass is 1960 g/mol. The summed E-state index contributed by atoms with van der Waals surface area (Å²) in [5, 5.41) is 7.87. The Balaban J connectivity index is 0.000000125. The van der Waals surface area contributed by atoms with Crippen LogP contribution in [0, 0.1) is 5.92 Å². The van der Waals surface area contributed by atoms with Gasteiger partial charge in [-0.15, -0.1) is 0 Å². The molecule has 12 heterocycles. The highest BCUT2D eigenvalue weighted by atomic mass is 16.5. The number of pyridine rings is 1. The Morgan fingerprint density at radius 2 is 0.917 bits per heavy atom. The van der Waals surface area contributed by atoms with Crippen molar-refractivity contribution in [1.29, 1.82) is 0 Å². The van der Waals surface area contributed by atoms with E-state index >= 15 is 0 Å². The van der Waals surface area contributed by atoms with Gasteiger partial charge in [0.2, 0.25) is 29.2 Å². The largest absolute Gasteiger partial charge is 0.467 e. The second-order valence-corrected chi connectivity index (χ2v) is 39.2. The third kappa shape index (κ3) is 17.3. The fraction of sp³-hybridized carbons (Fsp3) is 0.368. The van der Waals surface area contributed by atoms with Crippen LogP contribution in [0.1, 0.15) is 226 Å². The number of carbonyl (C=O) groups excluding carboxylic acids is 11. The molecular weight excluding hydrogens is 1830 g/mol. The number of fused-ring (bicyclic) bond motifs is 18. The van der Waals surface area contributed by atoms with Gasteiger partial charge < -0.3 is 73.3 Å². The molecule has 13 aromatic rings. The lowest BCUT2D eigenvalue weighted by Crippen LogP contribution is -2.79. The molecule has 0 spiro atoms. The molecule has 28 heteroatoms. The van der Waals surface area contributed by atoms with Crippen molar-refractivity contribution in [1.82, 2.24) is 49.8 Å². The van der Waals surface area contributed by atoms with E-state index in [2.05, 4.69) is 91.8 Å². The van der Waals surface area contributed by atoms with E-state index in [0.29, 0.717) is 82.7 Å². The van der Waals surface area contributed by atoms with Crippen molar-refractivity contribution in [3.8, 4) is 0 Å². The molecule has 1 aliphatic carbocycles. The van der Waals surface area contributed by atoms with Gasteiger partial charge in [0.05, 0.1) is 84.0 Å². The number of quaternary nitrogens is 1. The molecule has 7 aliphatic heterocycles. The van der Waals surface area contributed by atoms with Gasteiger partial charge in [0, 0.05) is 149 Å². The van der Waals surface area contributed by atoms with Crippen LogP contribution in [0.25, 0.3) is 49.2 Å². The molecular formula is C117H128N11O17+. The zero-order valence-corrected chi connectivity index (χ0v) is 85.0. The number of likely N-dealkylation sites (N-methyl/N-ethyl adjacent to an activating group) is 1. The quantitative estimate of drug-likeness (QED) is 0.0341. The van der Waals surface area contributed by atoms with E-state index < -0.39 is 58.3 Å².